The van der Waals surface area contributed by atoms with Crippen LogP contribution in [0.1, 0.15) is 36.9 Å². The van der Waals surface area contributed by atoms with Crippen molar-refractivity contribution < 1.29 is 0 Å². The van der Waals surface area contributed by atoms with Crippen LogP contribution in [0.3, 0.4) is 0 Å². The zero-order valence-electron chi connectivity index (χ0n) is 10.3. The predicted molar refractivity (Wildman–Crippen MR) is 68.4 cm³/mol. The van der Waals surface area contributed by atoms with Gasteiger partial charge in [0.2, 0.25) is 0 Å². The van der Waals surface area contributed by atoms with Gasteiger partial charge < -0.3 is 5.73 Å². The van der Waals surface area contributed by atoms with Crippen LogP contribution in [0.5, 0.6) is 0 Å². The normalized spacial score (nSPS) is 17.8. The van der Waals surface area contributed by atoms with E-state index in [1.807, 2.05) is 0 Å². The molecule has 1 aromatic carbocycles. The van der Waals surface area contributed by atoms with E-state index in [1.165, 1.54) is 24.0 Å². The maximum Gasteiger partial charge on any atom is 0.0427 e. The minimum atomic E-state index is 0.154. The number of likely N-dealkylation sites (N-methyl/N-ethyl adjacent to an activating group) is 1. The molecule has 2 heteroatoms. The van der Waals surface area contributed by atoms with Crippen molar-refractivity contribution in [2.75, 3.05) is 13.1 Å². The van der Waals surface area contributed by atoms with E-state index in [9.17, 15) is 0 Å². The second-order valence-electron chi connectivity index (χ2n) is 4.78. The molecule has 0 radical (unpaired) electrons. The van der Waals surface area contributed by atoms with Crippen LogP contribution in [0.15, 0.2) is 24.3 Å². The van der Waals surface area contributed by atoms with Gasteiger partial charge in [0.15, 0.2) is 0 Å². The highest BCUT2D eigenvalue weighted by Crippen LogP contribution is 2.28. The Bertz CT molecular complexity index is 344. The first kappa shape index (κ1) is 11.6. The van der Waals surface area contributed by atoms with Crippen molar-refractivity contribution >= 4 is 0 Å². The zero-order chi connectivity index (χ0) is 11.5. The molecule has 0 aromatic heterocycles. The van der Waals surface area contributed by atoms with Gasteiger partial charge in [0, 0.05) is 18.6 Å². The van der Waals surface area contributed by atoms with E-state index in [2.05, 4.69) is 43.0 Å². The van der Waals surface area contributed by atoms with Crippen LogP contribution in [0, 0.1) is 6.92 Å². The van der Waals surface area contributed by atoms with Crippen molar-refractivity contribution in [1.29, 1.82) is 0 Å². The van der Waals surface area contributed by atoms with E-state index < -0.39 is 0 Å². The van der Waals surface area contributed by atoms with E-state index in [0.29, 0.717) is 0 Å². The number of hydrogen-bond acceptors (Lipinski definition) is 2. The minimum Gasteiger partial charge on any atom is -0.323 e. The quantitative estimate of drug-likeness (QED) is 0.822. The number of nitrogens with zero attached hydrogens (tertiary/aromatic N) is 1. The molecule has 0 heterocycles. The smallest absolute Gasteiger partial charge is 0.0427 e. The SMILES string of the molecule is CCN(CC(N)c1ccccc1C)C1CC1. The molecule has 0 aliphatic heterocycles. The highest BCUT2D eigenvalue weighted by Gasteiger charge is 2.29. The second kappa shape index (κ2) is 4.98. The molecule has 1 aliphatic rings. The molecular formula is C14H22N2. The lowest BCUT2D eigenvalue weighted by molar-refractivity contribution is 0.260. The van der Waals surface area contributed by atoms with E-state index in [0.717, 1.165) is 19.1 Å². The summed E-state index contributed by atoms with van der Waals surface area (Å²) in [5.41, 5.74) is 8.90. The molecule has 0 bridgehead atoms. The highest BCUT2D eigenvalue weighted by molar-refractivity contribution is 5.28. The van der Waals surface area contributed by atoms with Gasteiger partial charge in [-0.25, -0.2) is 0 Å². The summed E-state index contributed by atoms with van der Waals surface area (Å²) in [6.07, 6.45) is 2.71. The molecule has 0 amide bonds. The molecule has 0 saturated heterocycles. The van der Waals surface area contributed by atoms with Crippen LogP contribution >= 0.6 is 0 Å². The minimum absolute atomic E-state index is 0.154. The fourth-order valence-electron chi connectivity index (χ4n) is 2.33. The summed E-state index contributed by atoms with van der Waals surface area (Å²) in [5, 5.41) is 0. The maximum absolute atomic E-state index is 6.30. The molecule has 2 rings (SSSR count). The number of rotatable bonds is 5. The molecular weight excluding hydrogens is 196 g/mol. The van der Waals surface area contributed by atoms with Gasteiger partial charge in [-0.15, -0.1) is 0 Å². The standard InChI is InChI=1S/C14H22N2/c1-3-16(12-8-9-12)10-14(15)13-7-5-4-6-11(13)2/h4-7,12,14H,3,8-10,15H2,1-2H3. The molecule has 1 atom stereocenters. The van der Waals surface area contributed by atoms with Crippen molar-refractivity contribution in [3.8, 4) is 0 Å². The van der Waals surface area contributed by atoms with Gasteiger partial charge in [0.05, 0.1) is 0 Å². The van der Waals surface area contributed by atoms with Crippen LogP contribution in [0.4, 0.5) is 0 Å². The van der Waals surface area contributed by atoms with Crippen LogP contribution < -0.4 is 5.73 Å². The molecule has 88 valence electrons. The summed E-state index contributed by atoms with van der Waals surface area (Å²) in [6, 6.07) is 9.41. The Kier molecular flexibility index (Phi) is 3.62. The second-order valence-corrected chi connectivity index (χ2v) is 4.78. The van der Waals surface area contributed by atoms with E-state index in [1.54, 1.807) is 0 Å². The van der Waals surface area contributed by atoms with Gasteiger partial charge in [-0.2, -0.15) is 0 Å². The number of benzene rings is 1. The summed E-state index contributed by atoms with van der Waals surface area (Å²) < 4.78 is 0. The van der Waals surface area contributed by atoms with Gasteiger partial charge in [-0.3, -0.25) is 4.90 Å². The molecule has 2 N–H and O–H groups in total. The summed E-state index contributed by atoms with van der Waals surface area (Å²) in [5.74, 6) is 0. The van der Waals surface area contributed by atoms with Gasteiger partial charge in [0.25, 0.3) is 0 Å². The first-order chi connectivity index (χ1) is 7.72. The van der Waals surface area contributed by atoms with Gasteiger partial charge in [-0.05, 0) is 37.4 Å². The van der Waals surface area contributed by atoms with Crippen molar-refractivity contribution in [3.63, 3.8) is 0 Å². The Balaban J connectivity index is 2.01. The lowest BCUT2D eigenvalue weighted by Gasteiger charge is -2.25. The topological polar surface area (TPSA) is 29.3 Å². The van der Waals surface area contributed by atoms with Crippen molar-refractivity contribution in [2.45, 2.75) is 38.8 Å². The first-order valence-corrected chi connectivity index (χ1v) is 6.27. The van der Waals surface area contributed by atoms with Crippen LogP contribution in [0.2, 0.25) is 0 Å². The molecule has 1 saturated carbocycles. The molecule has 1 unspecified atom stereocenters. The molecule has 0 spiro atoms. The van der Waals surface area contributed by atoms with Crippen LogP contribution in [-0.2, 0) is 0 Å². The largest absolute Gasteiger partial charge is 0.323 e. The average molecular weight is 218 g/mol. The van der Waals surface area contributed by atoms with E-state index in [-0.39, 0.29) is 6.04 Å². The monoisotopic (exact) mass is 218 g/mol. The molecule has 1 aromatic rings. The van der Waals surface area contributed by atoms with Crippen molar-refractivity contribution in [3.05, 3.63) is 35.4 Å². The van der Waals surface area contributed by atoms with E-state index in [4.69, 9.17) is 5.73 Å². The van der Waals surface area contributed by atoms with Crippen molar-refractivity contribution in [2.24, 2.45) is 5.73 Å². The van der Waals surface area contributed by atoms with Crippen molar-refractivity contribution in [1.82, 2.24) is 4.90 Å². The lowest BCUT2D eigenvalue weighted by Crippen LogP contribution is -2.34. The first-order valence-electron chi connectivity index (χ1n) is 6.27. The summed E-state index contributed by atoms with van der Waals surface area (Å²) in [4.78, 5) is 2.51. The Labute approximate surface area is 98.4 Å². The predicted octanol–water partition coefficient (Wildman–Crippen LogP) is 2.48. The summed E-state index contributed by atoms with van der Waals surface area (Å²) in [6.45, 7) is 6.47. The van der Waals surface area contributed by atoms with Gasteiger partial charge in [-0.1, -0.05) is 31.2 Å². The maximum atomic E-state index is 6.30. The molecule has 1 aliphatic carbocycles. The number of nitrogens with two attached hydrogens (primary N) is 1. The average Bonchev–Trinajstić information content (AvgIpc) is 3.10. The Morgan fingerprint density at radius 1 is 1.38 bits per heavy atom. The Hall–Kier alpha value is -0.860. The highest BCUT2D eigenvalue weighted by atomic mass is 15.2. The van der Waals surface area contributed by atoms with Crippen LogP contribution in [-0.4, -0.2) is 24.0 Å². The molecule has 1 fully saturated rings. The zero-order valence-corrected chi connectivity index (χ0v) is 10.3. The van der Waals surface area contributed by atoms with E-state index >= 15 is 0 Å². The summed E-state index contributed by atoms with van der Waals surface area (Å²) in [7, 11) is 0. The third-order valence-corrected chi connectivity index (χ3v) is 3.49. The number of aryl methyl sites for hydroxylation is 1. The lowest BCUT2D eigenvalue weighted by atomic mass is 10.0. The molecule has 16 heavy (non-hydrogen) atoms. The van der Waals surface area contributed by atoms with Gasteiger partial charge >= 0.3 is 0 Å². The summed E-state index contributed by atoms with van der Waals surface area (Å²) >= 11 is 0. The number of hydrogen-bond donors (Lipinski definition) is 1. The fraction of sp³-hybridized carbons (Fsp3) is 0.571. The third kappa shape index (κ3) is 2.63. The fourth-order valence-corrected chi connectivity index (χ4v) is 2.33. The van der Waals surface area contributed by atoms with Crippen LogP contribution in [0.25, 0.3) is 0 Å². The molecule has 2 nitrogen and oxygen atoms in total. The van der Waals surface area contributed by atoms with Gasteiger partial charge in [0.1, 0.15) is 0 Å². The Morgan fingerprint density at radius 2 is 2.06 bits per heavy atom. The Morgan fingerprint density at radius 3 is 2.62 bits per heavy atom. The third-order valence-electron chi connectivity index (χ3n) is 3.49.